The molecule has 1 aliphatic heterocycles. The van der Waals surface area contributed by atoms with Gasteiger partial charge in [-0.05, 0) is 45.3 Å². The second-order valence-corrected chi connectivity index (χ2v) is 5.49. The number of hydrogen-bond acceptors (Lipinski definition) is 5. The molecule has 0 radical (unpaired) electrons. The van der Waals surface area contributed by atoms with E-state index in [0.717, 1.165) is 62.5 Å². The van der Waals surface area contributed by atoms with Crippen molar-refractivity contribution >= 4 is 11.3 Å². The van der Waals surface area contributed by atoms with Crippen LogP contribution in [0.5, 0.6) is 0 Å². The second kappa shape index (κ2) is 6.87. The maximum atomic E-state index is 5.89. The molecule has 0 aromatic carbocycles. The summed E-state index contributed by atoms with van der Waals surface area (Å²) in [4.78, 5) is 4.39. The molecule has 114 valence electrons. The number of nitrogens with zero attached hydrogens (tertiary/aromatic N) is 3. The van der Waals surface area contributed by atoms with E-state index in [1.54, 1.807) is 6.20 Å². The van der Waals surface area contributed by atoms with Gasteiger partial charge in [0.15, 0.2) is 5.82 Å². The van der Waals surface area contributed by atoms with Crippen LogP contribution in [0.15, 0.2) is 18.5 Å². The summed E-state index contributed by atoms with van der Waals surface area (Å²) in [5, 5.41) is 11.1. The minimum Gasteiger partial charge on any atom is -0.378 e. The maximum absolute atomic E-state index is 5.89. The Balaban J connectivity index is 1.44. The molecule has 0 bridgehead atoms. The van der Waals surface area contributed by atoms with E-state index in [1.165, 1.54) is 0 Å². The van der Waals surface area contributed by atoms with Crippen LogP contribution in [0, 0.1) is 6.92 Å². The number of nitrogens with one attached hydrogen (secondary N) is 2. The second-order valence-electron chi connectivity index (χ2n) is 5.49. The van der Waals surface area contributed by atoms with Crippen molar-refractivity contribution in [3.05, 3.63) is 24.2 Å². The smallest absolute Gasteiger partial charge is 0.152 e. The minimum absolute atomic E-state index is 0.435. The fraction of sp³-hybridized carbons (Fsp3) is 0.600. The third-order valence-corrected chi connectivity index (χ3v) is 3.77. The lowest BCUT2D eigenvalue weighted by atomic mass is 10.1. The molecular formula is C15H23N5O. The van der Waals surface area contributed by atoms with Crippen molar-refractivity contribution in [3.63, 3.8) is 0 Å². The normalized spacial score (nSPS) is 16.4. The summed E-state index contributed by atoms with van der Waals surface area (Å²) in [6, 6.07) is 2.04. The highest BCUT2D eigenvalue weighted by Gasteiger charge is 2.12. The molecule has 6 heteroatoms. The fourth-order valence-corrected chi connectivity index (χ4v) is 2.67. The first-order chi connectivity index (χ1) is 10.3. The summed E-state index contributed by atoms with van der Waals surface area (Å²) in [5.41, 5.74) is 2.02. The SMILES string of the molecule is Cc1cc2c(NCCCOC3CCNCC3)nccn2n1. The molecule has 0 amide bonds. The molecular weight excluding hydrogens is 266 g/mol. The van der Waals surface area contributed by atoms with Crippen molar-refractivity contribution in [2.45, 2.75) is 32.3 Å². The van der Waals surface area contributed by atoms with E-state index in [9.17, 15) is 0 Å². The number of fused-ring (bicyclic) bond motifs is 1. The predicted octanol–water partition coefficient (Wildman–Crippen LogP) is 1.61. The lowest BCUT2D eigenvalue weighted by Crippen LogP contribution is -2.32. The van der Waals surface area contributed by atoms with Crippen LogP contribution in [0.2, 0.25) is 0 Å². The van der Waals surface area contributed by atoms with E-state index in [1.807, 2.05) is 23.7 Å². The van der Waals surface area contributed by atoms with Gasteiger partial charge in [0.05, 0.1) is 11.8 Å². The van der Waals surface area contributed by atoms with Crippen LogP contribution in [-0.4, -0.2) is 46.9 Å². The molecule has 0 spiro atoms. The molecule has 2 aromatic rings. The maximum Gasteiger partial charge on any atom is 0.152 e. The first-order valence-corrected chi connectivity index (χ1v) is 7.70. The largest absolute Gasteiger partial charge is 0.378 e. The highest BCUT2D eigenvalue weighted by molar-refractivity contribution is 5.67. The van der Waals surface area contributed by atoms with Crippen LogP contribution >= 0.6 is 0 Å². The number of anilines is 1. The van der Waals surface area contributed by atoms with Crippen LogP contribution < -0.4 is 10.6 Å². The summed E-state index contributed by atoms with van der Waals surface area (Å²) in [6.07, 6.45) is 7.32. The average molecular weight is 289 g/mol. The van der Waals surface area contributed by atoms with E-state index in [4.69, 9.17) is 4.74 Å². The van der Waals surface area contributed by atoms with Crippen LogP contribution in [0.3, 0.4) is 0 Å². The number of piperidine rings is 1. The van der Waals surface area contributed by atoms with Crippen molar-refractivity contribution in [1.82, 2.24) is 19.9 Å². The zero-order valence-corrected chi connectivity index (χ0v) is 12.5. The summed E-state index contributed by atoms with van der Waals surface area (Å²) >= 11 is 0. The molecule has 1 aliphatic rings. The Kier molecular flexibility index (Phi) is 4.67. The first-order valence-electron chi connectivity index (χ1n) is 7.70. The quantitative estimate of drug-likeness (QED) is 0.791. The summed E-state index contributed by atoms with van der Waals surface area (Å²) in [7, 11) is 0. The van der Waals surface area contributed by atoms with Gasteiger partial charge < -0.3 is 15.4 Å². The third-order valence-electron chi connectivity index (χ3n) is 3.77. The van der Waals surface area contributed by atoms with Gasteiger partial charge in [0.25, 0.3) is 0 Å². The highest BCUT2D eigenvalue weighted by Crippen LogP contribution is 2.14. The van der Waals surface area contributed by atoms with Gasteiger partial charge in [-0.15, -0.1) is 0 Å². The molecule has 3 heterocycles. The molecule has 0 unspecified atom stereocenters. The van der Waals surface area contributed by atoms with Crippen molar-refractivity contribution in [3.8, 4) is 0 Å². The predicted molar refractivity (Wildman–Crippen MR) is 82.7 cm³/mol. The van der Waals surface area contributed by atoms with Gasteiger partial charge >= 0.3 is 0 Å². The zero-order chi connectivity index (χ0) is 14.5. The molecule has 2 N–H and O–H groups in total. The Labute approximate surface area is 124 Å². The number of aromatic nitrogens is 3. The molecule has 6 nitrogen and oxygen atoms in total. The van der Waals surface area contributed by atoms with Crippen molar-refractivity contribution in [1.29, 1.82) is 0 Å². The van der Waals surface area contributed by atoms with Crippen LogP contribution in [-0.2, 0) is 4.74 Å². The molecule has 0 saturated carbocycles. The Hall–Kier alpha value is -1.66. The topological polar surface area (TPSA) is 63.5 Å². The molecule has 0 atom stereocenters. The van der Waals surface area contributed by atoms with Crippen molar-refractivity contribution in [2.75, 3.05) is 31.6 Å². The Morgan fingerprint density at radius 1 is 1.43 bits per heavy atom. The van der Waals surface area contributed by atoms with Crippen molar-refractivity contribution in [2.24, 2.45) is 0 Å². The van der Waals surface area contributed by atoms with Gasteiger partial charge in [0, 0.05) is 25.5 Å². The van der Waals surface area contributed by atoms with Crippen LogP contribution in [0.1, 0.15) is 25.0 Å². The number of rotatable bonds is 6. The van der Waals surface area contributed by atoms with Gasteiger partial charge in [0.2, 0.25) is 0 Å². The van der Waals surface area contributed by atoms with E-state index in [0.29, 0.717) is 6.10 Å². The van der Waals surface area contributed by atoms with E-state index in [2.05, 4.69) is 20.7 Å². The Bertz CT molecular complexity index is 576. The summed E-state index contributed by atoms with van der Waals surface area (Å²) in [5.74, 6) is 0.889. The van der Waals surface area contributed by atoms with Gasteiger partial charge in [-0.25, -0.2) is 9.50 Å². The lowest BCUT2D eigenvalue weighted by molar-refractivity contribution is 0.0329. The molecule has 2 aromatic heterocycles. The van der Waals surface area contributed by atoms with E-state index < -0.39 is 0 Å². The summed E-state index contributed by atoms with van der Waals surface area (Å²) in [6.45, 7) is 5.81. The van der Waals surface area contributed by atoms with Crippen LogP contribution in [0.4, 0.5) is 5.82 Å². The summed E-state index contributed by atoms with van der Waals surface area (Å²) < 4.78 is 7.75. The number of aryl methyl sites for hydroxylation is 1. The monoisotopic (exact) mass is 289 g/mol. The molecule has 3 rings (SSSR count). The zero-order valence-electron chi connectivity index (χ0n) is 12.5. The number of ether oxygens (including phenoxy) is 1. The number of hydrogen-bond donors (Lipinski definition) is 2. The Morgan fingerprint density at radius 3 is 3.14 bits per heavy atom. The minimum atomic E-state index is 0.435. The van der Waals surface area contributed by atoms with Crippen molar-refractivity contribution < 1.29 is 4.74 Å². The van der Waals surface area contributed by atoms with Crippen LogP contribution in [0.25, 0.3) is 5.52 Å². The molecule has 0 aliphatic carbocycles. The van der Waals surface area contributed by atoms with E-state index >= 15 is 0 Å². The first kappa shape index (κ1) is 14.3. The molecule has 1 saturated heterocycles. The lowest BCUT2D eigenvalue weighted by Gasteiger charge is -2.22. The fourth-order valence-electron chi connectivity index (χ4n) is 2.67. The standard InChI is InChI=1S/C15H23N5O/c1-12-11-14-15(18-8-9-20(14)19-12)17-5-2-10-21-13-3-6-16-7-4-13/h8-9,11,13,16H,2-7,10H2,1H3,(H,17,18). The van der Waals surface area contributed by atoms with Gasteiger partial charge in [-0.1, -0.05) is 0 Å². The van der Waals surface area contributed by atoms with Gasteiger partial charge in [-0.2, -0.15) is 5.10 Å². The highest BCUT2D eigenvalue weighted by atomic mass is 16.5. The van der Waals surface area contributed by atoms with Gasteiger partial charge in [0.1, 0.15) is 5.52 Å². The average Bonchev–Trinajstić information content (AvgIpc) is 2.89. The Morgan fingerprint density at radius 2 is 2.29 bits per heavy atom. The third kappa shape index (κ3) is 3.71. The molecule has 21 heavy (non-hydrogen) atoms. The van der Waals surface area contributed by atoms with Gasteiger partial charge in [-0.3, -0.25) is 0 Å². The molecule has 1 fully saturated rings. The van der Waals surface area contributed by atoms with E-state index in [-0.39, 0.29) is 0 Å².